The molecule has 3 N–H and O–H groups in total. The van der Waals surface area contributed by atoms with Crippen LogP contribution < -0.4 is 10.0 Å². The molecule has 0 saturated heterocycles. The van der Waals surface area contributed by atoms with Crippen molar-refractivity contribution in [1.29, 1.82) is 5.26 Å². The van der Waals surface area contributed by atoms with Crippen molar-refractivity contribution >= 4 is 67.1 Å². The summed E-state index contributed by atoms with van der Waals surface area (Å²) in [4.78, 5) is 34.8. The van der Waals surface area contributed by atoms with E-state index in [0.29, 0.717) is 44.3 Å². The number of ether oxygens (including phenoxy) is 1. The maximum Gasteiger partial charge on any atom is 0.308 e. The number of carbonyl (C=O) groups excluding carboxylic acids is 2. The second-order valence-electron chi connectivity index (χ2n) is 13.9. The number of aryl methyl sites for hydroxylation is 2. The molecule has 7 aromatic rings. The number of nitriles is 1. The lowest BCUT2D eigenvalue weighted by molar-refractivity contribution is -0.141. The molecule has 1 atom stereocenters. The van der Waals surface area contributed by atoms with E-state index in [9.17, 15) is 23.3 Å². The second kappa shape index (κ2) is 15.6. The fourth-order valence-electron chi connectivity index (χ4n) is 7.06. The molecule has 3 aromatic heterocycles. The molecule has 1 aliphatic heterocycles. The third-order valence-electron chi connectivity index (χ3n) is 10.3. The van der Waals surface area contributed by atoms with E-state index in [4.69, 9.17) is 21.3 Å². The highest BCUT2D eigenvalue weighted by molar-refractivity contribution is 7.92. The maximum atomic E-state index is 13.2. The maximum absolute atomic E-state index is 13.2. The summed E-state index contributed by atoms with van der Waals surface area (Å²) in [6, 6.07) is 26.0. The van der Waals surface area contributed by atoms with Gasteiger partial charge in [-0.2, -0.15) is 5.26 Å². The van der Waals surface area contributed by atoms with Crippen LogP contribution in [0.1, 0.15) is 67.2 Å². The molecular weight excluding hydrogens is 808 g/mol. The molecule has 16 heteroatoms. The summed E-state index contributed by atoms with van der Waals surface area (Å²) in [7, 11) is -2.62. The summed E-state index contributed by atoms with van der Waals surface area (Å²) in [5.41, 5.74) is 7.72. The van der Waals surface area contributed by atoms with Crippen LogP contribution in [0.3, 0.4) is 0 Å². The number of rotatable bonds is 10. The van der Waals surface area contributed by atoms with Crippen LogP contribution in [0.25, 0.3) is 27.0 Å². The number of esters is 1. The third kappa shape index (κ3) is 7.38. The number of aliphatic imine (C=N–C) groups is 1. The van der Waals surface area contributed by atoms with Gasteiger partial charge in [-0.05, 0) is 79.4 Å². The first-order valence-electron chi connectivity index (χ1n) is 18.3. The van der Waals surface area contributed by atoms with E-state index in [1.165, 1.54) is 37.6 Å². The van der Waals surface area contributed by atoms with Crippen molar-refractivity contribution in [3.8, 4) is 22.2 Å². The molecule has 8 rings (SSSR count). The van der Waals surface area contributed by atoms with Gasteiger partial charge < -0.3 is 15.0 Å². The van der Waals surface area contributed by atoms with Crippen LogP contribution in [0, 0.1) is 32.1 Å². The molecule has 0 unspecified atom stereocenters. The van der Waals surface area contributed by atoms with E-state index >= 15 is 0 Å². The smallest absolute Gasteiger partial charge is 0.308 e. The minimum Gasteiger partial charge on any atom is -0.469 e. The number of nitrogens with zero attached hydrogens (tertiary/aromatic N) is 5. The average molecular weight is 843 g/mol. The first-order chi connectivity index (χ1) is 28.4. The number of hydrogen-bond acceptors (Lipinski definition) is 10. The van der Waals surface area contributed by atoms with Gasteiger partial charge in [-0.15, -0.1) is 21.5 Å². The predicted octanol–water partition coefficient (Wildman–Crippen LogP) is 8.11. The third-order valence-corrected chi connectivity index (χ3v) is 13.2. The summed E-state index contributed by atoms with van der Waals surface area (Å²) in [6.45, 7) is 6.23. The first kappa shape index (κ1) is 39.2. The Morgan fingerprint density at radius 2 is 1.63 bits per heavy atom. The number of nitrogens with one attached hydrogen (secondary N) is 3. The predicted molar refractivity (Wildman–Crippen MR) is 227 cm³/mol. The minimum absolute atomic E-state index is 0.0218. The molecule has 4 heterocycles. The van der Waals surface area contributed by atoms with E-state index in [1.807, 2.05) is 54.0 Å². The van der Waals surface area contributed by atoms with Gasteiger partial charge in [0.25, 0.3) is 15.9 Å². The topological polar surface area (TPSA) is 184 Å². The number of benzene rings is 4. The molecule has 0 aliphatic carbocycles. The van der Waals surface area contributed by atoms with Crippen molar-refractivity contribution in [3.63, 3.8) is 0 Å². The summed E-state index contributed by atoms with van der Waals surface area (Å²) in [6.07, 6.45) is 1.50. The molecule has 0 bridgehead atoms. The molecule has 0 fully saturated rings. The summed E-state index contributed by atoms with van der Waals surface area (Å²) in [5, 5.41) is 22.8. The molecule has 0 spiro atoms. The van der Waals surface area contributed by atoms with Crippen LogP contribution in [0.5, 0.6) is 0 Å². The van der Waals surface area contributed by atoms with E-state index < -0.39 is 16.1 Å². The Hall–Kier alpha value is -6.60. The monoisotopic (exact) mass is 842 g/mol. The number of halogens is 1. The highest BCUT2D eigenvalue weighted by atomic mass is 35.5. The number of amides is 1. The molecule has 13 nitrogen and oxygen atoms in total. The molecule has 296 valence electrons. The van der Waals surface area contributed by atoms with Crippen LogP contribution in [-0.2, 0) is 26.1 Å². The Morgan fingerprint density at radius 3 is 2.31 bits per heavy atom. The molecular formula is C43H35ClN8O5S2. The number of anilines is 1. The Labute approximate surface area is 348 Å². The number of methoxy groups -OCH3 is 1. The van der Waals surface area contributed by atoms with Gasteiger partial charge >= 0.3 is 5.97 Å². The summed E-state index contributed by atoms with van der Waals surface area (Å²) < 4.78 is 36.0. The number of aromatic nitrogens is 4. The van der Waals surface area contributed by atoms with Gasteiger partial charge in [-0.25, -0.2) is 8.42 Å². The lowest BCUT2D eigenvalue weighted by Gasteiger charge is -2.12. The van der Waals surface area contributed by atoms with Gasteiger partial charge in [0.05, 0.1) is 45.9 Å². The van der Waals surface area contributed by atoms with Crippen molar-refractivity contribution in [1.82, 2.24) is 25.1 Å². The standard InChI is InChI=1S/C43H35ClN8O5S2/c1-23-24(2)58-43-37(23)39(48-35(19-36(53)57-4)41-50-49-25(3)52(41)43)29-11-7-27(8-12-29)28-9-13-30(14-10-28)42(54)47-21-26-5-15-32(16-6-26)59(55,56)51-34-18-17-33(44)38-31(20-45)22-46-40(34)38/h5-18,22,35,46,51H,19,21H2,1-4H3,(H,47,54)/t35-/m0/s1. The number of H-pyrrole nitrogens is 1. The molecule has 1 aliphatic rings. The second-order valence-corrected chi connectivity index (χ2v) is 17.2. The van der Waals surface area contributed by atoms with E-state index in [-0.39, 0.29) is 35.4 Å². The molecule has 59 heavy (non-hydrogen) atoms. The summed E-state index contributed by atoms with van der Waals surface area (Å²) in [5.74, 6) is 0.633. The zero-order valence-electron chi connectivity index (χ0n) is 32.1. The highest BCUT2D eigenvalue weighted by Gasteiger charge is 2.32. The zero-order chi connectivity index (χ0) is 41.6. The fourth-order valence-corrected chi connectivity index (χ4v) is 9.60. The number of aromatic amines is 1. The molecule has 4 aromatic carbocycles. The average Bonchev–Trinajstić information content (AvgIpc) is 3.92. The number of sulfonamides is 1. The van der Waals surface area contributed by atoms with Crippen molar-refractivity contribution in [2.24, 2.45) is 4.99 Å². The quantitative estimate of drug-likeness (QED) is 0.115. The van der Waals surface area contributed by atoms with Gasteiger partial charge in [0.2, 0.25) is 0 Å². The van der Waals surface area contributed by atoms with Crippen LogP contribution in [0.15, 0.2) is 101 Å². The Bertz CT molecular complexity index is 2980. The first-order valence-corrected chi connectivity index (χ1v) is 21.0. The van der Waals surface area contributed by atoms with Crippen molar-refractivity contribution in [2.75, 3.05) is 11.8 Å². The Kier molecular flexibility index (Phi) is 10.4. The Morgan fingerprint density at radius 1 is 0.949 bits per heavy atom. The van der Waals surface area contributed by atoms with Crippen molar-refractivity contribution < 1.29 is 22.7 Å². The van der Waals surface area contributed by atoms with Gasteiger partial charge in [-0.3, -0.25) is 23.9 Å². The highest BCUT2D eigenvalue weighted by Crippen LogP contribution is 2.40. The van der Waals surface area contributed by atoms with Crippen LogP contribution in [0.4, 0.5) is 5.69 Å². The van der Waals surface area contributed by atoms with E-state index in [2.05, 4.69) is 39.1 Å². The number of thiophene rings is 1. The van der Waals surface area contributed by atoms with Gasteiger partial charge in [0.1, 0.15) is 22.9 Å². The molecule has 0 saturated carbocycles. The number of carbonyl (C=O) groups is 2. The van der Waals surface area contributed by atoms with Crippen LogP contribution >= 0.6 is 22.9 Å². The lowest BCUT2D eigenvalue weighted by Crippen LogP contribution is -2.22. The minimum atomic E-state index is -3.98. The van der Waals surface area contributed by atoms with Gasteiger partial charge in [0, 0.05) is 39.7 Å². The number of fused-ring (bicyclic) bond motifs is 4. The Balaban J connectivity index is 0.945. The fraction of sp³-hybridized carbons (Fsp3) is 0.163. The van der Waals surface area contributed by atoms with Crippen molar-refractivity contribution in [3.05, 3.63) is 146 Å². The molecule has 1 amide bonds. The zero-order valence-corrected chi connectivity index (χ0v) is 34.5. The van der Waals surface area contributed by atoms with E-state index in [1.54, 1.807) is 35.6 Å². The largest absolute Gasteiger partial charge is 0.469 e. The normalized spacial score (nSPS) is 13.5. The van der Waals surface area contributed by atoms with Crippen molar-refractivity contribution in [2.45, 2.75) is 44.7 Å². The summed E-state index contributed by atoms with van der Waals surface area (Å²) >= 11 is 7.91. The van der Waals surface area contributed by atoms with Crippen LogP contribution in [0.2, 0.25) is 5.02 Å². The van der Waals surface area contributed by atoms with E-state index in [0.717, 1.165) is 43.4 Å². The van der Waals surface area contributed by atoms with Gasteiger partial charge in [0.15, 0.2) is 5.82 Å². The molecule has 0 radical (unpaired) electrons. The number of hydrogen-bond donors (Lipinski definition) is 3. The van der Waals surface area contributed by atoms with Gasteiger partial charge in [-0.1, -0.05) is 60.1 Å². The van der Waals surface area contributed by atoms with Crippen LogP contribution in [-0.4, -0.2) is 52.9 Å². The lowest BCUT2D eigenvalue weighted by atomic mass is 9.96. The SMILES string of the molecule is COC(=O)C[C@@H]1N=C(c2ccc(-c3ccc(C(=O)NCc4ccc(S(=O)(=O)Nc5ccc(Cl)c6c(C#N)c[nH]c56)cc4)cc3)cc2)c2c(sc(C)c2C)-n2c(C)nnc21.